The van der Waals surface area contributed by atoms with Crippen LogP contribution in [0.25, 0.3) is 0 Å². The first-order chi connectivity index (χ1) is 14.7. The lowest BCUT2D eigenvalue weighted by Crippen LogP contribution is -2.32. The van der Waals surface area contributed by atoms with Crippen LogP contribution in [-0.2, 0) is 19.6 Å². The molecule has 0 fully saturated rings. The molecule has 31 heavy (non-hydrogen) atoms. The number of methoxy groups -OCH3 is 2. The SMILES string of the molecule is COc1ccc(S(=O)(=O)NCCC(=O)NC(C)c2cccc(NC(C)=O)c2)cc1OC. The van der Waals surface area contributed by atoms with Gasteiger partial charge in [0.05, 0.1) is 25.2 Å². The quantitative estimate of drug-likeness (QED) is 0.511. The molecule has 168 valence electrons. The number of carbonyl (C=O) groups excluding carboxylic acids is 2. The fraction of sp³-hybridized carbons (Fsp3) is 0.333. The molecule has 0 aliphatic carbocycles. The number of anilines is 1. The number of hydrogen-bond donors (Lipinski definition) is 3. The first-order valence-electron chi connectivity index (χ1n) is 9.55. The summed E-state index contributed by atoms with van der Waals surface area (Å²) >= 11 is 0. The Bertz CT molecular complexity index is 1040. The summed E-state index contributed by atoms with van der Waals surface area (Å²) in [6.45, 7) is 3.15. The van der Waals surface area contributed by atoms with E-state index in [2.05, 4.69) is 15.4 Å². The van der Waals surface area contributed by atoms with Crippen molar-refractivity contribution in [1.82, 2.24) is 10.0 Å². The zero-order valence-electron chi connectivity index (χ0n) is 17.9. The molecule has 10 heteroatoms. The van der Waals surface area contributed by atoms with E-state index >= 15 is 0 Å². The molecule has 1 atom stereocenters. The molecule has 0 saturated heterocycles. The monoisotopic (exact) mass is 449 g/mol. The summed E-state index contributed by atoms with van der Waals surface area (Å²) in [4.78, 5) is 23.4. The van der Waals surface area contributed by atoms with Crippen molar-refractivity contribution >= 4 is 27.5 Å². The number of nitrogens with one attached hydrogen (secondary N) is 3. The summed E-state index contributed by atoms with van der Waals surface area (Å²) in [7, 11) is -0.943. The zero-order valence-corrected chi connectivity index (χ0v) is 18.7. The van der Waals surface area contributed by atoms with Gasteiger partial charge in [0.25, 0.3) is 0 Å². The van der Waals surface area contributed by atoms with Crippen LogP contribution in [0.4, 0.5) is 5.69 Å². The van der Waals surface area contributed by atoms with E-state index < -0.39 is 10.0 Å². The molecular weight excluding hydrogens is 422 g/mol. The molecule has 2 aromatic rings. The van der Waals surface area contributed by atoms with Crippen LogP contribution in [0, 0.1) is 0 Å². The number of rotatable bonds is 10. The topological polar surface area (TPSA) is 123 Å². The minimum absolute atomic E-state index is 0.00807. The highest BCUT2D eigenvalue weighted by atomic mass is 32.2. The number of sulfonamides is 1. The molecule has 0 heterocycles. The largest absolute Gasteiger partial charge is 0.493 e. The van der Waals surface area contributed by atoms with Gasteiger partial charge in [-0.05, 0) is 36.8 Å². The predicted molar refractivity (Wildman–Crippen MR) is 117 cm³/mol. The Kier molecular flexibility index (Phi) is 8.40. The lowest BCUT2D eigenvalue weighted by molar-refractivity contribution is -0.121. The molecule has 2 amide bonds. The summed E-state index contributed by atoms with van der Waals surface area (Å²) in [5.41, 5.74) is 1.44. The molecule has 0 radical (unpaired) electrons. The number of amides is 2. The van der Waals surface area contributed by atoms with Crippen molar-refractivity contribution in [2.45, 2.75) is 31.2 Å². The summed E-state index contributed by atoms with van der Waals surface area (Å²) < 4.78 is 37.6. The minimum Gasteiger partial charge on any atom is -0.493 e. The fourth-order valence-electron chi connectivity index (χ4n) is 2.85. The van der Waals surface area contributed by atoms with Crippen LogP contribution in [0.5, 0.6) is 11.5 Å². The Morgan fingerprint density at radius 3 is 2.39 bits per heavy atom. The summed E-state index contributed by atoms with van der Waals surface area (Å²) in [6.07, 6.45) is -0.0394. The van der Waals surface area contributed by atoms with E-state index in [9.17, 15) is 18.0 Å². The summed E-state index contributed by atoms with van der Waals surface area (Å²) in [5.74, 6) is 0.207. The molecule has 3 N–H and O–H groups in total. The third-order valence-corrected chi connectivity index (χ3v) is 5.85. The van der Waals surface area contributed by atoms with Crippen molar-refractivity contribution in [3.63, 3.8) is 0 Å². The second-order valence-electron chi connectivity index (χ2n) is 6.76. The van der Waals surface area contributed by atoms with Crippen LogP contribution >= 0.6 is 0 Å². The summed E-state index contributed by atoms with van der Waals surface area (Å²) in [6, 6.07) is 11.1. The van der Waals surface area contributed by atoms with Gasteiger partial charge in [-0.3, -0.25) is 9.59 Å². The van der Waals surface area contributed by atoms with Crippen LogP contribution in [0.3, 0.4) is 0 Å². The fourth-order valence-corrected chi connectivity index (χ4v) is 3.90. The van der Waals surface area contributed by atoms with Crippen LogP contribution in [0.1, 0.15) is 31.9 Å². The van der Waals surface area contributed by atoms with E-state index in [1.165, 1.54) is 39.3 Å². The van der Waals surface area contributed by atoms with Gasteiger partial charge in [0, 0.05) is 31.6 Å². The lowest BCUT2D eigenvalue weighted by atomic mass is 10.1. The third kappa shape index (κ3) is 6.97. The van der Waals surface area contributed by atoms with E-state index in [0.717, 1.165) is 5.56 Å². The molecule has 0 aliphatic heterocycles. The van der Waals surface area contributed by atoms with E-state index in [0.29, 0.717) is 17.2 Å². The average Bonchev–Trinajstić information content (AvgIpc) is 2.72. The van der Waals surface area contributed by atoms with Crippen molar-refractivity contribution in [1.29, 1.82) is 0 Å². The van der Waals surface area contributed by atoms with Crippen molar-refractivity contribution < 1.29 is 27.5 Å². The lowest BCUT2D eigenvalue weighted by Gasteiger charge is -2.16. The highest BCUT2D eigenvalue weighted by Gasteiger charge is 2.18. The number of carbonyl (C=O) groups is 2. The van der Waals surface area contributed by atoms with Crippen LogP contribution in [0.2, 0.25) is 0 Å². The maximum absolute atomic E-state index is 12.5. The maximum atomic E-state index is 12.5. The smallest absolute Gasteiger partial charge is 0.240 e. The van der Waals surface area contributed by atoms with Crippen LogP contribution in [-0.4, -0.2) is 41.0 Å². The molecule has 0 spiro atoms. The first-order valence-corrected chi connectivity index (χ1v) is 11.0. The third-order valence-electron chi connectivity index (χ3n) is 4.39. The molecule has 9 nitrogen and oxygen atoms in total. The van der Waals surface area contributed by atoms with E-state index in [4.69, 9.17) is 9.47 Å². The van der Waals surface area contributed by atoms with Gasteiger partial charge in [-0.1, -0.05) is 12.1 Å². The Morgan fingerprint density at radius 1 is 1.03 bits per heavy atom. The molecule has 1 unspecified atom stereocenters. The summed E-state index contributed by atoms with van der Waals surface area (Å²) in [5, 5.41) is 5.50. The second kappa shape index (κ2) is 10.8. The van der Waals surface area contributed by atoms with Crippen molar-refractivity contribution in [2.24, 2.45) is 0 Å². The van der Waals surface area contributed by atoms with Gasteiger partial charge in [0.15, 0.2) is 11.5 Å². The van der Waals surface area contributed by atoms with Gasteiger partial charge >= 0.3 is 0 Å². The van der Waals surface area contributed by atoms with Crippen LogP contribution < -0.4 is 24.8 Å². The van der Waals surface area contributed by atoms with Gasteiger partial charge in [0.2, 0.25) is 21.8 Å². The Labute approximate surface area is 182 Å². The van der Waals surface area contributed by atoms with Gasteiger partial charge in [0.1, 0.15) is 0 Å². The van der Waals surface area contributed by atoms with Gasteiger partial charge in [-0.15, -0.1) is 0 Å². The average molecular weight is 450 g/mol. The predicted octanol–water partition coefficient (Wildman–Crippen LogP) is 2.21. The number of ether oxygens (including phenoxy) is 2. The maximum Gasteiger partial charge on any atom is 0.240 e. The Morgan fingerprint density at radius 2 is 1.74 bits per heavy atom. The normalized spacial score (nSPS) is 12.0. The Hall–Kier alpha value is -3.11. The van der Waals surface area contributed by atoms with Crippen LogP contribution in [0.15, 0.2) is 47.4 Å². The molecule has 0 aliphatic rings. The highest BCUT2D eigenvalue weighted by Crippen LogP contribution is 2.29. The standard InChI is InChI=1S/C21H27N3O6S/c1-14(16-6-5-7-17(12-16)24-15(2)25)23-21(26)10-11-22-31(27,28)18-8-9-19(29-3)20(13-18)30-4/h5-9,12-14,22H,10-11H2,1-4H3,(H,23,26)(H,24,25). The number of hydrogen-bond acceptors (Lipinski definition) is 6. The zero-order chi connectivity index (χ0) is 23.0. The molecule has 0 aromatic heterocycles. The number of benzene rings is 2. The van der Waals surface area contributed by atoms with Gasteiger partial charge in [-0.2, -0.15) is 0 Å². The minimum atomic E-state index is -3.82. The molecular formula is C21H27N3O6S. The molecule has 2 aromatic carbocycles. The second-order valence-corrected chi connectivity index (χ2v) is 8.53. The van der Waals surface area contributed by atoms with Crippen molar-refractivity contribution in [2.75, 3.05) is 26.1 Å². The Balaban J connectivity index is 1.92. The van der Waals surface area contributed by atoms with Gasteiger partial charge in [-0.25, -0.2) is 13.1 Å². The highest BCUT2D eigenvalue weighted by molar-refractivity contribution is 7.89. The van der Waals surface area contributed by atoms with E-state index in [1.807, 2.05) is 6.07 Å². The van der Waals surface area contributed by atoms with Gasteiger partial charge < -0.3 is 20.1 Å². The van der Waals surface area contributed by atoms with E-state index in [-0.39, 0.29) is 35.7 Å². The molecule has 0 saturated carbocycles. The van der Waals surface area contributed by atoms with Crippen molar-refractivity contribution in [3.8, 4) is 11.5 Å². The molecule has 2 rings (SSSR count). The van der Waals surface area contributed by atoms with Crippen molar-refractivity contribution in [3.05, 3.63) is 48.0 Å². The molecule has 0 bridgehead atoms. The first kappa shape index (κ1) is 24.2. The van der Waals surface area contributed by atoms with E-state index in [1.54, 1.807) is 25.1 Å².